The quantitative estimate of drug-likeness (QED) is 0.749. The van der Waals surface area contributed by atoms with Crippen molar-refractivity contribution in [3.63, 3.8) is 0 Å². The first-order chi connectivity index (χ1) is 13.3. The van der Waals surface area contributed by atoms with Gasteiger partial charge in [-0.15, -0.1) is 0 Å². The van der Waals surface area contributed by atoms with Gasteiger partial charge in [-0.25, -0.2) is 4.98 Å². The summed E-state index contributed by atoms with van der Waals surface area (Å²) in [6.45, 7) is 4.70. The predicted molar refractivity (Wildman–Crippen MR) is 111 cm³/mol. The zero-order valence-corrected chi connectivity index (χ0v) is 18.0. The molecule has 0 bridgehead atoms. The Labute approximate surface area is 172 Å². The number of allylic oxidation sites excluding steroid dienone is 1. The molecule has 3 fully saturated rings. The second-order valence-electron chi connectivity index (χ2n) is 10.1. The average molecular weight is 401 g/mol. The number of aliphatic hydroxyl groups is 1. The van der Waals surface area contributed by atoms with Crippen LogP contribution in [0.4, 0.5) is 0 Å². The molecule has 1 N–H and O–H groups in total. The number of ketones is 1. The van der Waals surface area contributed by atoms with Crippen molar-refractivity contribution in [2.45, 2.75) is 75.3 Å². The molecule has 1 heterocycles. The summed E-state index contributed by atoms with van der Waals surface area (Å²) in [5, 5.41) is 11.2. The highest BCUT2D eigenvalue weighted by Crippen LogP contribution is 2.65. The molecule has 4 aliphatic rings. The molecule has 0 amide bonds. The van der Waals surface area contributed by atoms with Crippen LogP contribution in [-0.2, 0) is 11.8 Å². The van der Waals surface area contributed by atoms with E-state index in [4.69, 9.17) is 0 Å². The van der Waals surface area contributed by atoms with Crippen molar-refractivity contribution in [3.05, 3.63) is 24.0 Å². The first kappa shape index (κ1) is 18.9. The van der Waals surface area contributed by atoms with Gasteiger partial charge in [0.1, 0.15) is 0 Å². The second-order valence-corrected chi connectivity index (χ2v) is 11.3. The fraction of sp³-hybridized carbons (Fsp3) is 0.739. The standard InChI is InChI=1S/C23H32N2O2S/c1-22-8-6-15(26)12-14(22)4-5-16-17(22)7-9-23(2)18(16)13-19(20(23)27)28-21-24-10-11-25(21)3/h4,10-11,15-19,26H,5-9,12-13H2,1-3H3/t15?,16?,17?,18?,19-,22+,23+/m1/s1. The number of Topliss-reactive ketones (excluding diaryl/α,β-unsaturated/α-hetero) is 1. The largest absolute Gasteiger partial charge is 0.393 e. The van der Waals surface area contributed by atoms with Crippen molar-refractivity contribution in [1.82, 2.24) is 9.55 Å². The highest BCUT2D eigenvalue weighted by atomic mass is 32.2. The number of aromatic nitrogens is 2. The van der Waals surface area contributed by atoms with E-state index >= 15 is 0 Å². The molecule has 5 rings (SSSR count). The van der Waals surface area contributed by atoms with Crippen LogP contribution in [0, 0.1) is 28.6 Å². The van der Waals surface area contributed by atoms with Crippen molar-refractivity contribution in [2.24, 2.45) is 35.6 Å². The molecule has 4 aliphatic carbocycles. The lowest BCUT2D eigenvalue weighted by Gasteiger charge is -2.56. The molecule has 1 aromatic heterocycles. The Morgan fingerprint density at radius 2 is 2.00 bits per heavy atom. The Morgan fingerprint density at radius 1 is 1.21 bits per heavy atom. The maximum absolute atomic E-state index is 13.5. The number of nitrogens with zero attached hydrogens (tertiary/aromatic N) is 2. The number of thioether (sulfide) groups is 1. The van der Waals surface area contributed by atoms with E-state index in [1.54, 1.807) is 11.8 Å². The van der Waals surface area contributed by atoms with Crippen LogP contribution in [0.3, 0.4) is 0 Å². The lowest BCUT2D eigenvalue weighted by atomic mass is 9.48. The summed E-state index contributed by atoms with van der Waals surface area (Å²) in [4.78, 5) is 17.9. The first-order valence-electron chi connectivity index (χ1n) is 10.9. The van der Waals surface area contributed by atoms with Gasteiger partial charge in [0, 0.05) is 24.9 Å². The molecule has 1 aromatic rings. The van der Waals surface area contributed by atoms with Crippen LogP contribution < -0.4 is 0 Å². The Balaban J connectivity index is 1.43. The summed E-state index contributed by atoms with van der Waals surface area (Å²) in [5.74, 6) is 2.22. The van der Waals surface area contributed by atoms with Gasteiger partial charge in [-0.3, -0.25) is 4.79 Å². The summed E-state index contributed by atoms with van der Waals surface area (Å²) >= 11 is 1.67. The minimum atomic E-state index is -0.167. The van der Waals surface area contributed by atoms with Gasteiger partial charge >= 0.3 is 0 Å². The molecule has 28 heavy (non-hydrogen) atoms. The normalized spacial score (nSPS) is 45.2. The highest BCUT2D eigenvalue weighted by molar-refractivity contribution is 8.00. The molecular formula is C23H32N2O2S. The summed E-state index contributed by atoms with van der Waals surface area (Å²) in [6.07, 6.45) is 13.2. The van der Waals surface area contributed by atoms with Gasteiger partial charge in [0.2, 0.25) is 0 Å². The van der Waals surface area contributed by atoms with Gasteiger partial charge < -0.3 is 9.67 Å². The Hall–Kier alpha value is -1.07. The van der Waals surface area contributed by atoms with E-state index in [2.05, 4.69) is 24.9 Å². The zero-order valence-electron chi connectivity index (χ0n) is 17.2. The van der Waals surface area contributed by atoms with E-state index in [0.29, 0.717) is 23.5 Å². The predicted octanol–water partition coefficient (Wildman–Crippen LogP) is 4.38. The molecule has 0 spiro atoms. The molecule has 0 aromatic carbocycles. The number of rotatable bonds is 2. The van der Waals surface area contributed by atoms with Gasteiger partial charge in [0.05, 0.1) is 11.4 Å². The summed E-state index contributed by atoms with van der Waals surface area (Å²) in [6, 6.07) is 0. The minimum Gasteiger partial charge on any atom is -0.393 e. The van der Waals surface area contributed by atoms with Gasteiger partial charge in [-0.1, -0.05) is 37.3 Å². The van der Waals surface area contributed by atoms with Crippen LogP contribution >= 0.6 is 11.8 Å². The van der Waals surface area contributed by atoms with Crippen molar-refractivity contribution < 1.29 is 9.90 Å². The molecule has 5 heteroatoms. The monoisotopic (exact) mass is 400 g/mol. The van der Waals surface area contributed by atoms with E-state index in [0.717, 1.165) is 50.1 Å². The maximum Gasteiger partial charge on any atom is 0.168 e. The fourth-order valence-electron chi connectivity index (χ4n) is 7.10. The molecular weight excluding hydrogens is 368 g/mol. The van der Waals surface area contributed by atoms with Crippen molar-refractivity contribution >= 4 is 17.5 Å². The number of fused-ring (bicyclic) bond motifs is 5. The number of aliphatic hydroxyl groups excluding tert-OH is 1. The molecule has 3 saturated carbocycles. The Bertz CT molecular complexity index is 832. The molecule has 0 radical (unpaired) electrons. The third-order valence-corrected chi connectivity index (χ3v) is 10.1. The van der Waals surface area contributed by atoms with E-state index in [9.17, 15) is 9.90 Å². The van der Waals surface area contributed by atoms with Crippen LogP contribution in [0.5, 0.6) is 0 Å². The van der Waals surface area contributed by atoms with E-state index < -0.39 is 0 Å². The zero-order chi connectivity index (χ0) is 19.7. The number of hydrogen-bond acceptors (Lipinski definition) is 4. The molecule has 152 valence electrons. The van der Waals surface area contributed by atoms with Gasteiger partial charge in [0.25, 0.3) is 0 Å². The summed E-state index contributed by atoms with van der Waals surface area (Å²) in [5.41, 5.74) is 1.57. The summed E-state index contributed by atoms with van der Waals surface area (Å²) < 4.78 is 2.02. The number of hydrogen-bond donors (Lipinski definition) is 1. The smallest absolute Gasteiger partial charge is 0.168 e. The van der Waals surface area contributed by atoms with E-state index in [-0.39, 0.29) is 22.2 Å². The molecule has 7 atom stereocenters. The third-order valence-electron chi connectivity index (χ3n) is 8.82. The third kappa shape index (κ3) is 2.61. The van der Waals surface area contributed by atoms with Gasteiger partial charge in [0.15, 0.2) is 10.9 Å². The van der Waals surface area contributed by atoms with Crippen molar-refractivity contribution in [1.29, 1.82) is 0 Å². The number of aryl methyl sites for hydroxylation is 1. The number of carbonyl (C=O) groups is 1. The van der Waals surface area contributed by atoms with Crippen LogP contribution in [-0.4, -0.2) is 31.8 Å². The minimum absolute atomic E-state index is 0.0428. The maximum atomic E-state index is 13.5. The average Bonchev–Trinajstić information content (AvgIpc) is 3.18. The molecule has 4 nitrogen and oxygen atoms in total. The fourth-order valence-corrected chi connectivity index (χ4v) is 8.39. The van der Waals surface area contributed by atoms with Crippen molar-refractivity contribution in [3.8, 4) is 0 Å². The number of imidazole rings is 1. The topological polar surface area (TPSA) is 55.1 Å². The van der Waals surface area contributed by atoms with Crippen molar-refractivity contribution in [2.75, 3.05) is 0 Å². The molecule has 4 unspecified atom stereocenters. The van der Waals surface area contributed by atoms with Crippen LogP contribution in [0.15, 0.2) is 29.2 Å². The van der Waals surface area contributed by atoms with Crippen LogP contribution in [0.1, 0.15) is 58.8 Å². The van der Waals surface area contributed by atoms with Gasteiger partial charge in [-0.2, -0.15) is 0 Å². The lowest BCUT2D eigenvalue weighted by Crippen LogP contribution is -2.50. The highest BCUT2D eigenvalue weighted by Gasteiger charge is 2.61. The Kier molecular flexibility index (Phi) is 4.37. The van der Waals surface area contributed by atoms with E-state index in [1.807, 2.05) is 24.0 Å². The van der Waals surface area contributed by atoms with Crippen LogP contribution in [0.25, 0.3) is 0 Å². The number of carbonyl (C=O) groups excluding carboxylic acids is 1. The second kappa shape index (κ2) is 6.46. The summed E-state index contributed by atoms with van der Waals surface area (Å²) in [7, 11) is 2.01. The van der Waals surface area contributed by atoms with Crippen LogP contribution in [0.2, 0.25) is 0 Å². The SMILES string of the molecule is Cn1ccnc1S[C@@H]1CC2C3CC=C4CC(O)CC[C@]4(C)C3CC[C@]2(C)C1=O. The molecule has 0 aliphatic heterocycles. The molecule has 0 saturated heterocycles. The lowest BCUT2D eigenvalue weighted by molar-refractivity contribution is -0.131. The van der Waals surface area contributed by atoms with Gasteiger partial charge in [-0.05, 0) is 68.1 Å². The first-order valence-corrected chi connectivity index (χ1v) is 11.8. The van der Waals surface area contributed by atoms with E-state index in [1.165, 1.54) is 5.57 Å². The Morgan fingerprint density at radius 3 is 2.75 bits per heavy atom.